The molecule has 0 spiro atoms. The van der Waals surface area contributed by atoms with Gasteiger partial charge in [0, 0.05) is 42.6 Å². The summed E-state index contributed by atoms with van der Waals surface area (Å²) < 4.78 is 99.0. The lowest BCUT2D eigenvalue weighted by Gasteiger charge is -2.28. The number of carbonyl (C=O) groups excluding carboxylic acids is 3. The molecule has 7 rings (SSSR count). The first-order valence-corrected chi connectivity index (χ1v) is 22.9. The third kappa shape index (κ3) is 14.3. The van der Waals surface area contributed by atoms with E-state index in [0.717, 1.165) is 37.1 Å². The molecule has 1 aliphatic rings. The fourth-order valence-electron chi connectivity index (χ4n) is 7.83. The normalized spacial score (nSPS) is 13.0. The standard InChI is InChI=1S/C29H29F3N2O4.C26H24F3NO5/c1-37-24-15-14-23(18-25(24)38-2)34(17-16-19-8-10-21(11-9-19)29(30,31)32)28(36)26(20-6-4-3-5-7-20)27(35)33-22-12-13-22;1-34-21-13-12-20(16-22(21)35-2)30(15-14-17-8-10-19(11-9-17)26(27,28)29)24(31)23(25(32)33)18-6-4-3-5-7-18/h3-11,14-15,18,22,26H,12-13,16-17H2,1-2H3,(H,33,35);3-13,16,23H,14-15H2,1-2H3,(H,32,33). The fraction of sp³-hybridized carbons (Fsp3) is 0.273. The van der Waals surface area contributed by atoms with Crippen LogP contribution in [0.5, 0.6) is 23.0 Å². The van der Waals surface area contributed by atoms with Crippen LogP contribution in [0.15, 0.2) is 146 Å². The number of amides is 3. The summed E-state index contributed by atoms with van der Waals surface area (Å²) in [6.45, 7) is 0.149. The molecule has 12 nitrogen and oxygen atoms in total. The molecule has 6 aromatic carbocycles. The Labute approximate surface area is 418 Å². The lowest BCUT2D eigenvalue weighted by molar-refractivity contribution is -0.143. The van der Waals surface area contributed by atoms with E-state index in [1.165, 1.54) is 62.5 Å². The van der Waals surface area contributed by atoms with Crippen molar-refractivity contribution in [3.8, 4) is 23.0 Å². The van der Waals surface area contributed by atoms with E-state index in [1.54, 1.807) is 97.1 Å². The van der Waals surface area contributed by atoms with Crippen molar-refractivity contribution in [3.05, 3.63) is 179 Å². The van der Waals surface area contributed by atoms with Crippen LogP contribution >= 0.6 is 0 Å². The molecule has 1 saturated carbocycles. The summed E-state index contributed by atoms with van der Waals surface area (Å²) in [5, 5.41) is 12.8. The topological polar surface area (TPSA) is 144 Å². The minimum atomic E-state index is -4.45. The van der Waals surface area contributed by atoms with Crippen LogP contribution in [0.2, 0.25) is 0 Å². The number of aliphatic carboxylic acids is 1. The molecule has 0 bridgehead atoms. The second-order valence-corrected chi connectivity index (χ2v) is 16.8. The highest BCUT2D eigenvalue weighted by atomic mass is 19.4. The number of benzene rings is 6. The number of anilines is 2. The van der Waals surface area contributed by atoms with Crippen molar-refractivity contribution in [2.24, 2.45) is 0 Å². The van der Waals surface area contributed by atoms with Gasteiger partial charge in [-0.05, 0) is 96.5 Å². The van der Waals surface area contributed by atoms with Crippen molar-refractivity contribution in [3.63, 3.8) is 0 Å². The average Bonchev–Trinajstić information content (AvgIpc) is 4.21. The lowest BCUT2D eigenvalue weighted by atomic mass is 9.95. The Bertz CT molecular complexity index is 2810. The Morgan fingerprint density at radius 3 is 1.25 bits per heavy atom. The predicted molar refractivity (Wildman–Crippen MR) is 261 cm³/mol. The number of halogens is 6. The van der Waals surface area contributed by atoms with E-state index in [-0.39, 0.29) is 37.9 Å². The molecule has 0 aromatic heterocycles. The van der Waals surface area contributed by atoms with Gasteiger partial charge < -0.3 is 39.2 Å². The van der Waals surface area contributed by atoms with E-state index in [0.29, 0.717) is 56.6 Å². The Morgan fingerprint density at radius 2 is 0.904 bits per heavy atom. The first-order chi connectivity index (χ1) is 34.9. The SMILES string of the molecule is COc1ccc(N(CCc2ccc(C(F)(F)F)cc2)C(=O)C(C(=O)NC2CC2)c2ccccc2)cc1OC.COc1ccc(N(CCc2ccc(C(F)(F)F)cc2)C(=O)C(C(=O)O)c2ccccc2)cc1OC. The van der Waals surface area contributed by atoms with Crippen molar-refractivity contribution in [1.82, 2.24) is 5.32 Å². The van der Waals surface area contributed by atoms with Gasteiger partial charge in [0.2, 0.25) is 17.7 Å². The fourth-order valence-corrected chi connectivity index (χ4v) is 7.83. The molecule has 0 aliphatic heterocycles. The highest BCUT2D eigenvalue weighted by Crippen LogP contribution is 2.36. The summed E-state index contributed by atoms with van der Waals surface area (Å²) in [4.78, 5) is 55.8. The zero-order valence-electron chi connectivity index (χ0n) is 40.2. The summed E-state index contributed by atoms with van der Waals surface area (Å²) >= 11 is 0. The number of carboxylic acids is 1. The molecule has 1 fully saturated rings. The van der Waals surface area contributed by atoms with Crippen molar-refractivity contribution in [2.75, 3.05) is 51.3 Å². The van der Waals surface area contributed by atoms with Crippen LogP contribution in [0.25, 0.3) is 0 Å². The molecule has 2 N–H and O–H groups in total. The number of carbonyl (C=O) groups is 4. The van der Waals surface area contributed by atoms with Gasteiger partial charge in [0.15, 0.2) is 28.9 Å². The first kappa shape index (κ1) is 54.3. The third-order valence-electron chi connectivity index (χ3n) is 11.9. The Kier molecular flexibility index (Phi) is 18.2. The number of hydrogen-bond acceptors (Lipinski definition) is 8. The molecule has 384 valence electrons. The Morgan fingerprint density at radius 1 is 0.534 bits per heavy atom. The van der Waals surface area contributed by atoms with Gasteiger partial charge in [-0.2, -0.15) is 26.3 Å². The monoisotopic (exact) mass is 1010 g/mol. The van der Waals surface area contributed by atoms with Crippen LogP contribution in [0.1, 0.15) is 58.1 Å². The number of carboxylic acid groups (broad SMARTS) is 1. The van der Waals surface area contributed by atoms with E-state index in [2.05, 4.69) is 5.32 Å². The number of nitrogens with one attached hydrogen (secondary N) is 1. The maximum absolute atomic E-state index is 14.1. The summed E-state index contributed by atoms with van der Waals surface area (Å²) in [7, 11) is 5.87. The van der Waals surface area contributed by atoms with Crippen molar-refractivity contribution in [1.29, 1.82) is 0 Å². The van der Waals surface area contributed by atoms with Crippen LogP contribution in [0, 0.1) is 0 Å². The molecule has 0 saturated heterocycles. The largest absolute Gasteiger partial charge is 0.493 e. The van der Waals surface area contributed by atoms with Crippen molar-refractivity contribution < 1.29 is 69.6 Å². The summed E-state index contributed by atoms with van der Waals surface area (Å²) in [5.74, 6) is -3.79. The van der Waals surface area contributed by atoms with Crippen LogP contribution in [-0.2, 0) is 44.4 Å². The Balaban J connectivity index is 0.000000239. The van der Waals surface area contributed by atoms with Crippen LogP contribution < -0.4 is 34.1 Å². The summed E-state index contributed by atoms with van der Waals surface area (Å²) in [6.07, 6.45) is -6.69. The molecule has 3 amide bonds. The van der Waals surface area contributed by atoms with E-state index in [4.69, 9.17) is 18.9 Å². The van der Waals surface area contributed by atoms with Gasteiger partial charge in [0.25, 0.3) is 0 Å². The van der Waals surface area contributed by atoms with Crippen molar-refractivity contribution >= 4 is 35.1 Å². The van der Waals surface area contributed by atoms with Gasteiger partial charge in [0.05, 0.1) is 39.6 Å². The third-order valence-corrected chi connectivity index (χ3v) is 11.9. The van der Waals surface area contributed by atoms with Gasteiger partial charge in [-0.15, -0.1) is 0 Å². The Hall–Kier alpha value is -8.02. The maximum atomic E-state index is 14.1. The molecule has 1 aliphatic carbocycles. The van der Waals surface area contributed by atoms with Gasteiger partial charge in [-0.3, -0.25) is 19.2 Å². The smallest absolute Gasteiger partial charge is 0.416 e. The number of alkyl halides is 6. The number of methoxy groups -OCH3 is 4. The number of rotatable bonds is 19. The van der Waals surface area contributed by atoms with Crippen LogP contribution in [0.3, 0.4) is 0 Å². The minimum Gasteiger partial charge on any atom is -0.493 e. The van der Waals surface area contributed by atoms with E-state index >= 15 is 0 Å². The summed E-state index contributed by atoms with van der Waals surface area (Å²) in [5.41, 5.74) is 1.36. The highest BCUT2D eigenvalue weighted by Gasteiger charge is 2.37. The minimum absolute atomic E-state index is 0.0241. The predicted octanol–water partition coefficient (Wildman–Crippen LogP) is 10.5. The highest BCUT2D eigenvalue weighted by molar-refractivity contribution is 6.12. The number of nitrogens with zero attached hydrogens (tertiary/aromatic N) is 2. The van der Waals surface area contributed by atoms with Crippen molar-refractivity contribution in [2.45, 2.75) is 55.9 Å². The zero-order chi connectivity index (χ0) is 52.9. The van der Waals surface area contributed by atoms with Gasteiger partial charge in [0.1, 0.15) is 5.92 Å². The molecular weight excluding hydrogens is 961 g/mol. The quantitative estimate of drug-likeness (QED) is 0.0599. The lowest BCUT2D eigenvalue weighted by Crippen LogP contribution is -2.44. The molecule has 6 aromatic rings. The van der Waals surface area contributed by atoms with Crippen LogP contribution in [-0.4, -0.2) is 76.4 Å². The second-order valence-electron chi connectivity index (χ2n) is 16.8. The average molecular weight is 1010 g/mol. The molecule has 2 atom stereocenters. The molecule has 2 unspecified atom stereocenters. The maximum Gasteiger partial charge on any atom is 0.416 e. The number of hydrogen-bond donors (Lipinski definition) is 2. The molecule has 73 heavy (non-hydrogen) atoms. The van der Waals surface area contributed by atoms with E-state index in [1.807, 2.05) is 0 Å². The molecule has 18 heteroatoms. The summed E-state index contributed by atoms with van der Waals surface area (Å²) in [6, 6.07) is 36.2. The van der Waals surface area contributed by atoms with E-state index < -0.39 is 53.1 Å². The van der Waals surface area contributed by atoms with E-state index in [9.17, 15) is 50.6 Å². The van der Waals surface area contributed by atoms with Crippen LogP contribution in [0.4, 0.5) is 37.7 Å². The van der Waals surface area contributed by atoms with Gasteiger partial charge >= 0.3 is 18.3 Å². The zero-order valence-corrected chi connectivity index (χ0v) is 40.2. The molecule has 0 radical (unpaired) electrons. The van der Waals surface area contributed by atoms with Gasteiger partial charge in [-0.1, -0.05) is 84.9 Å². The molecule has 0 heterocycles. The van der Waals surface area contributed by atoms with Gasteiger partial charge in [-0.25, -0.2) is 0 Å². The molecular formula is C55H53F6N3O9. The first-order valence-electron chi connectivity index (χ1n) is 22.9. The number of ether oxygens (including phenoxy) is 4. The second kappa shape index (κ2) is 24.4.